The van der Waals surface area contributed by atoms with Gasteiger partial charge in [-0.3, -0.25) is 19.8 Å². The lowest BCUT2D eigenvalue weighted by Gasteiger charge is -2.42. The van der Waals surface area contributed by atoms with Crippen molar-refractivity contribution in [1.29, 1.82) is 0 Å². The second-order valence-electron chi connectivity index (χ2n) is 13.8. The smallest absolute Gasteiger partial charge is 0.409 e. The van der Waals surface area contributed by atoms with Crippen molar-refractivity contribution in [3.8, 4) is 0 Å². The maximum atomic E-state index is 14.0. The molecule has 2 saturated heterocycles. The summed E-state index contributed by atoms with van der Waals surface area (Å²) < 4.78 is 23.7. The number of fused-ring (bicyclic) bond motifs is 5. The zero-order valence-electron chi connectivity index (χ0n) is 29.1. The van der Waals surface area contributed by atoms with Crippen molar-refractivity contribution in [2.24, 2.45) is 5.92 Å². The molecule has 2 fully saturated rings. The fourth-order valence-corrected chi connectivity index (χ4v) is 6.73. The number of allylic oxidation sites excluding steroid dienone is 3. The number of likely N-dealkylation sites (N-methyl/N-ethyl adjacent to an activating group) is 1. The molecule has 2 N–H and O–H groups in total. The Bertz CT molecular complexity index is 1430. The summed E-state index contributed by atoms with van der Waals surface area (Å²) in [5.74, 6) is -1.24. The zero-order valence-corrected chi connectivity index (χ0v) is 29.9. The van der Waals surface area contributed by atoms with E-state index in [1.807, 2.05) is 64.8 Å². The van der Waals surface area contributed by atoms with Gasteiger partial charge in [-0.05, 0) is 72.2 Å². The van der Waals surface area contributed by atoms with Gasteiger partial charge in [0.1, 0.15) is 30.0 Å². The van der Waals surface area contributed by atoms with Crippen molar-refractivity contribution in [2.75, 3.05) is 26.1 Å². The molecule has 11 nitrogen and oxygen atoms in total. The monoisotopic (exact) mass is 675 g/mol. The van der Waals surface area contributed by atoms with Crippen LogP contribution in [0.1, 0.15) is 65.5 Å². The maximum Gasteiger partial charge on any atom is 0.409 e. The number of nitrogens with one attached hydrogen (secondary N) is 1. The van der Waals surface area contributed by atoms with Gasteiger partial charge in [-0.15, -0.1) is 0 Å². The molecule has 1 aromatic rings. The fourth-order valence-electron chi connectivity index (χ4n) is 6.49. The van der Waals surface area contributed by atoms with Crippen molar-refractivity contribution in [3.05, 3.63) is 52.1 Å². The third-order valence-electron chi connectivity index (χ3n) is 9.97. The maximum absolute atomic E-state index is 14.0. The second-order valence-corrected chi connectivity index (χ2v) is 14.2. The highest BCUT2D eigenvalue weighted by atomic mass is 35.5. The van der Waals surface area contributed by atoms with E-state index >= 15 is 0 Å². The second kappa shape index (κ2) is 14.3. The summed E-state index contributed by atoms with van der Waals surface area (Å²) in [5, 5.41) is 14.7. The molecule has 4 rings (SSSR count). The van der Waals surface area contributed by atoms with Crippen LogP contribution in [0.5, 0.6) is 0 Å². The number of hydrogen-bond acceptors (Lipinski definition) is 9. The van der Waals surface area contributed by atoms with Crippen molar-refractivity contribution in [2.45, 2.75) is 116 Å². The molecular weight excluding hydrogens is 626 g/mol. The van der Waals surface area contributed by atoms with Gasteiger partial charge in [0.15, 0.2) is 5.72 Å². The number of halogens is 1. The lowest BCUT2D eigenvalue weighted by Crippen LogP contribution is -2.63. The minimum atomic E-state index is -1.76. The van der Waals surface area contributed by atoms with Crippen LogP contribution in [-0.2, 0) is 35.0 Å². The van der Waals surface area contributed by atoms with Crippen LogP contribution in [0.15, 0.2) is 35.9 Å². The van der Waals surface area contributed by atoms with E-state index in [1.54, 1.807) is 33.0 Å². The molecule has 0 aliphatic carbocycles. The fraction of sp³-hybridized carbons (Fsp3) is 0.629. The van der Waals surface area contributed by atoms with Gasteiger partial charge in [0.05, 0.1) is 23.2 Å². The average Bonchev–Trinajstić information content (AvgIpc) is 3.70. The first-order chi connectivity index (χ1) is 21.9. The van der Waals surface area contributed by atoms with E-state index in [0.717, 1.165) is 16.7 Å². The number of benzene rings is 1. The minimum Gasteiger partial charge on any atom is -0.457 e. The predicted octanol–water partition coefficient (Wildman–Crippen LogP) is 4.70. The normalized spacial score (nSPS) is 34.1. The molecule has 4 bridgehead atoms. The number of aryl methyl sites for hydroxylation is 1. The van der Waals surface area contributed by atoms with E-state index in [1.165, 1.54) is 12.0 Å². The number of carbonyl (C=O) groups is 3. The van der Waals surface area contributed by atoms with Gasteiger partial charge in [0.2, 0.25) is 5.91 Å². The first-order valence-corrected chi connectivity index (χ1v) is 16.5. The van der Waals surface area contributed by atoms with Gasteiger partial charge in [-0.1, -0.05) is 48.4 Å². The molecule has 0 radical (unpaired) electrons. The number of rotatable bonds is 5. The summed E-state index contributed by atoms with van der Waals surface area (Å²) in [6, 6.07) is 3.37. The average molecular weight is 676 g/mol. The van der Waals surface area contributed by atoms with E-state index in [-0.39, 0.29) is 24.8 Å². The van der Waals surface area contributed by atoms with Gasteiger partial charge >= 0.3 is 12.1 Å². The molecule has 3 heterocycles. The van der Waals surface area contributed by atoms with Gasteiger partial charge in [0, 0.05) is 32.5 Å². The number of epoxide rings is 1. The highest BCUT2D eigenvalue weighted by Crippen LogP contribution is 2.49. The Kier molecular flexibility index (Phi) is 11.2. The molecule has 3 aliphatic heterocycles. The van der Waals surface area contributed by atoms with E-state index in [9.17, 15) is 19.5 Å². The predicted molar refractivity (Wildman–Crippen MR) is 179 cm³/mol. The van der Waals surface area contributed by atoms with Crippen LogP contribution in [0.4, 0.5) is 10.5 Å². The van der Waals surface area contributed by atoms with E-state index < -0.39 is 59.8 Å². The Morgan fingerprint density at radius 3 is 2.55 bits per heavy atom. The first kappa shape index (κ1) is 36.9. The minimum absolute atomic E-state index is 0.00728. The molecule has 8 atom stereocenters. The molecule has 1 aromatic carbocycles. The van der Waals surface area contributed by atoms with Crippen molar-refractivity contribution < 1.29 is 38.4 Å². The number of methoxy groups -OCH3 is 1. The Balaban J connectivity index is 1.78. The summed E-state index contributed by atoms with van der Waals surface area (Å²) in [4.78, 5) is 43.6. The highest BCUT2D eigenvalue weighted by molar-refractivity contribution is 6.34. The number of carbonyl (C=O) groups excluding carboxylic acids is 3. The highest BCUT2D eigenvalue weighted by Gasteiger charge is 2.64. The van der Waals surface area contributed by atoms with Crippen LogP contribution in [0.2, 0.25) is 5.02 Å². The molecule has 0 aromatic heterocycles. The van der Waals surface area contributed by atoms with Crippen LogP contribution in [0.3, 0.4) is 0 Å². The summed E-state index contributed by atoms with van der Waals surface area (Å²) in [6.45, 7) is 13.2. The molecule has 260 valence electrons. The molecule has 47 heavy (non-hydrogen) atoms. The summed E-state index contributed by atoms with van der Waals surface area (Å²) in [7, 11) is 4.96. The number of aliphatic hydroxyl groups is 1. The Hall–Kier alpha value is -2.96. The number of esters is 1. The number of hydrogen-bond donors (Lipinski definition) is 2. The van der Waals surface area contributed by atoms with Gasteiger partial charge in [0.25, 0.3) is 0 Å². The summed E-state index contributed by atoms with van der Waals surface area (Å²) in [6.07, 6.45) is 1.81. The standard InChI is InChI=1S/C35H50ClN3O8/c1-19(2)38(8)23(6)32(41)46-28-17-29(40)39(9)25-16-24(15-21(4)30(25)36)14-20(3)12-11-13-27(44-10)35(43)18-26(45-33(42)37-35)22(5)31-34(28,7)47-31/h11-13,15-16,19,22-23,26-28,31,43H,14,17-18H2,1-10H3,(H,37,42)/b13-11+,20-12+. The molecule has 0 saturated carbocycles. The Morgan fingerprint density at radius 2 is 1.91 bits per heavy atom. The molecule has 12 heteroatoms. The lowest BCUT2D eigenvalue weighted by molar-refractivity contribution is -0.159. The number of anilines is 1. The van der Waals surface area contributed by atoms with Gasteiger partial charge in [-0.25, -0.2) is 4.79 Å². The van der Waals surface area contributed by atoms with E-state index in [0.29, 0.717) is 17.1 Å². The largest absolute Gasteiger partial charge is 0.457 e. The van der Waals surface area contributed by atoms with Crippen LogP contribution >= 0.6 is 11.6 Å². The molecule has 3 aliphatic rings. The molecule has 2 amide bonds. The number of alkyl carbamates (subject to hydrolysis) is 1. The van der Waals surface area contributed by atoms with Crippen LogP contribution in [0, 0.1) is 12.8 Å². The first-order valence-electron chi connectivity index (χ1n) is 16.2. The van der Waals surface area contributed by atoms with E-state index in [2.05, 4.69) is 5.32 Å². The third-order valence-corrected chi connectivity index (χ3v) is 10.5. The van der Waals surface area contributed by atoms with E-state index in [4.69, 9.17) is 30.5 Å². The van der Waals surface area contributed by atoms with Crippen LogP contribution in [0.25, 0.3) is 0 Å². The Labute approximate surface area is 283 Å². The SMILES string of the molecule is COC1/C=C/C=C(\C)Cc2cc(C)c(Cl)c(c2)N(C)C(=O)CC(OC(=O)C(C)N(C)C(C)C)C2(C)OC2C(C)C2CC1(O)NC(=O)O2. The molecular formula is C35H50ClN3O8. The van der Waals surface area contributed by atoms with Gasteiger partial charge in [-0.2, -0.15) is 0 Å². The quantitative estimate of drug-likeness (QED) is 0.337. The zero-order chi connectivity index (χ0) is 35.0. The number of ether oxygens (including phenoxy) is 4. The summed E-state index contributed by atoms with van der Waals surface area (Å²) >= 11 is 6.75. The third kappa shape index (κ3) is 7.86. The molecule has 0 spiro atoms. The topological polar surface area (TPSA) is 130 Å². The van der Waals surface area contributed by atoms with Crippen LogP contribution < -0.4 is 10.2 Å². The Morgan fingerprint density at radius 1 is 1.23 bits per heavy atom. The van der Waals surface area contributed by atoms with Crippen molar-refractivity contribution in [1.82, 2.24) is 10.2 Å². The number of amides is 2. The van der Waals surface area contributed by atoms with Crippen molar-refractivity contribution >= 4 is 35.3 Å². The van der Waals surface area contributed by atoms with Gasteiger partial charge < -0.3 is 29.0 Å². The van der Waals surface area contributed by atoms with Crippen molar-refractivity contribution in [3.63, 3.8) is 0 Å². The lowest BCUT2D eigenvalue weighted by atomic mass is 9.83. The number of nitrogens with zero attached hydrogens (tertiary/aromatic N) is 2. The van der Waals surface area contributed by atoms with Crippen LogP contribution in [-0.4, -0.2) is 97.0 Å². The molecule has 8 unspecified atom stereocenters. The summed E-state index contributed by atoms with van der Waals surface area (Å²) in [5.41, 5.74) is 0.469.